The van der Waals surface area contributed by atoms with Crippen molar-refractivity contribution in [1.82, 2.24) is 9.97 Å². The molecule has 0 bridgehead atoms. The summed E-state index contributed by atoms with van der Waals surface area (Å²) in [4.78, 5) is 7.93. The van der Waals surface area contributed by atoms with Crippen LogP contribution in [0.5, 0.6) is 0 Å². The minimum atomic E-state index is 0.352. The third kappa shape index (κ3) is 1.55. The molecule has 0 aliphatic rings. The van der Waals surface area contributed by atoms with E-state index in [0.29, 0.717) is 11.7 Å². The van der Waals surface area contributed by atoms with E-state index < -0.39 is 0 Å². The molecular formula is C15H17N3. The van der Waals surface area contributed by atoms with Gasteiger partial charge in [-0.05, 0) is 31.0 Å². The fraction of sp³-hybridized carbons (Fsp3) is 0.267. The van der Waals surface area contributed by atoms with Crippen molar-refractivity contribution < 1.29 is 0 Å². The highest BCUT2D eigenvalue weighted by Crippen LogP contribution is 2.31. The number of aromatic nitrogens is 2. The minimum Gasteiger partial charge on any atom is -0.384 e. The standard InChI is InChI=1S/C15H17N3/c1-8(2)14-15-11(7-13(16)18-14)10-6-9(3)4-5-12(10)17-15/h4-8,17H,1-3H3,(H2,16,18). The number of aryl methyl sites for hydroxylation is 1. The molecule has 3 N–H and O–H groups in total. The highest BCUT2D eigenvalue weighted by Gasteiger charge is 2.13. The minimum absolute atomic E-state index is 0.352. The first-order chi connectivity index (χ1) is 8.56. The van der Waals surface area contributed by atoms with Gasteiger partial charge in [0.1, 0.15) is 5.82 Å². The number of hydrogen-bond acceptors (Lipinski definition) is 2. The summed E-state index contributed by atoms with van der Waals surface area (Å²) in [5, 5.41) is 2.39. The van der Waals surface area contributed by atoms with Crippen LogP contribution in [0.15, 0.2) is 24.3 Å². The van der Waals surface area contributed by atoms with Gasteiger partial charge in [0, 0.05) is 16.3 Å². The molecule has 0 saturated carbocycles. The van der Waals surface area contributed by atoms with Crippen molar-refractivity contribution in [3.05, 3.63) is 35.5 Å². The molecule has 92 valence electrons. The van der Waals surface area contributed by atoms with Crippen molar-refractivity contribution >= 4 is 27.6 Å². The number of benzene rings is 1. The quantitative estimate of drug-likeness (QED) is 0.679. The molecule has 3 rings (SSSR count). The van der Waals surface area contributed by atoms with Crippen LogP contribution in [0.2, 0.25) is 0 Å². The molecule has 0 amide bonds. The first kappa shape index (κ1) is 11.1. The van der Waals surface area contributed by atoms with Gasteiger partial charge in [-0.25, -0.2) is 4.98 Å². The van der Waals surface area contributed by atoms with Gasteiger partial charge in [-0.1, -0.05) is 25.5 Å². The largest absolute Gasteiger partial charge is 0.384 e. The summed E-state index contributed by atoms with van der Waals surface area (Å²) in [5.41, 5.74) is 10.5. The van der Waals surface area contributed by atoms with E-state index in [1.54, 1.807) is 0 Å². The van der Waals surface area contributed by atoms with Gasteiger partial charge < -0.3 is 10.7 Å². The number of aromatic amines is 1. The Morgan fingerprint density at radius 2 is 1.94 bits per heavy atom. The van der Waals surface area contributed by atoms with E-state index >= 15 is 0 Å². The highest BCUT2D eigenvalue weighted by molar-refractivity contribution is 6.08. The van der Waals surface area contributed by atoms with Crippen LogP contribution in [0, 0.1) is 6.92 Å². The fourth-order valence-corrected chi connectivity index (χ4v) is 2.47. The lowest BCUT2D eigenvalue weighted by molar-refractivity contribution is 0.834. The summed E-state index contributed by atoms with van der Waals surface area (Å²) in [6.07, 6.45) is 0. The number of nitrogens with one attached hydrogen (secondary N) is 1. The van der Waals surface area contributed by atoms with Crippen molar-refractivity contribution in [2.24, 2.45) is 0 Å². The van der Waals surface area contributed by atoms with Crippen molar-refractivity contribution in [1.29, 1.82) is 0 Å². The van der Waals surface area contributed by atoms with Crippen molar-refractivity contribution in [2.45, 2.75) is 26.7 Å². The number of anilines is 1. The van der Waals surface area contributed by atoms with Crippen LogP contribution in [0.25, 0.3) is 21.8 Å². The smallest absolute Gasteiger partial charge is 0.124 e. The van der Waals surface area contributed by atoms with Gasteiger partial charge in [-0.2, -0.15) is 0 Å². The van der Waals surface area contributed by atoms with Crippen LogP contribution in [0.4, 0.5) is 5.82 Å². The highest BCUT2D eigenvalue weighted by atomic mass is 14.9. The SMILES string of the molecule is Cc1ccc2[nH]c3c(C(C)C)nc(N)cc3c2c1. The molecular weight excluding hydrogens is 222 g/mol. The molecule has 2 heterocycles. The summed E-state index contributed by atoms with van der Waals surface area (Å²) in [6.45, 7) is 6.38. The first-order valence-electron chi connectivity index (χ1n) is 6.24. The second-order valence-electron chi connectivity index (χ2n) is 5.18. The average Bonchev–Trinajstić information content (AvgIpc) is 2.66. The Morgan fingerprint density at radius 1 is 1.17 bits per heavy atom. The molecule has 0 radical (unpaired) electrons. The van der Waals surface area contributed by atoms with Gasteiger partial charge in [0.2, 0.25) is 0 Å². The molecule has 2 aromatic heterocycles. The summed E-state index contributed by atoms with van der Waals surface area (Å²) >= 11 is 0. The average molecular weight is 239 g/mol. The molecule has 3 nitrogen and oxygen atoms in total. The van der Waals surface area contributed by atoms with E-state index in [0.717, 1.165) is 16.7 Å². The third-order valence-electron chi connectivity index (χ3n) is 3.34. The number of nitrogen functional groups attached to an aromatic ring is 1. The van der Waals surface area contributed by atoms with Crippen LogP contribution in [-0.2, 0) is 0 Å². The molecule has 0 atom stereocenters. The fourth-order valence-electron chi connectivity index (χ4n) is 2.47. The van der Waals surface area contributed by atoms with Crippen molar-refractivity contribution in [2.75, 3.05) is 5.73 Å². The van der Waals surface area contributed by atoms with E-state index in [2.05, 4.69) is 48.9 Å². The molecule has 0 aliphatic heterocycles. The number of nitrogens with two attached hydrogens (primary N) is 1. The van der Waals surface area contributed by atoms with Crippen LogP contribution in [0.1, 0.15) is 31.0 Å². The molecule has 0 spiro atoms. The molecule has 0 unspecified atom stereocenters. The third-order valence-corrected chi connectivity index (χ3v) is 3.34. The topological polar surface area (TPSA) is 54.7 Å². The maximum atomic E-state index is 5.93. The number of H-pyrrole nitrogens is 1. The molecule has 1 aromatic carbocycles. The Balaban J connectivity index is 2.50. The lowest BCUT2D eigenvalue weighted by atomic mass is 10.1. The van der Waals surface area contributed by atoms with Gasteiger partial charge in [0.15, 0.2) is 0 Å². The van der Waals surface area contributed by atoms with Gasteiger partial charge in [-0.15, -0.1) is 0 Å². The zero-order chi connectivity index (χ0) is 12.9. The second-order valence-corrected chi connectivity index (χ2v) is 5.18. The van der Waals surface area contributed by atoms with E-state index in [4.69, 9.17) is 5.73 Å². The number of nitrogens with zero attached hydrogens (tertiary/aromatic N) is 1. The van der Waals surface area contributed by atoms with Crippen LogP contribution >= 0.6 is 0 Å². The van der Waals surface area contributed by atoms with Crippen LogP contribution < -0.4 is 5.73 Å². The molecule has 0 saturated heterocycles. The zero-order valence-corrected chi connectivity index (χ0v) is 10.9. The lowest BCUT2D eigenvalue weighted by Crippen LogP contribution is -1.98. The summed E-state index contributed by atoms with van der Waals surface area (Å²) in [7, 11) is 0. The van der Waals surface area contributed by atoms with E-state index in [9.17, 15) is 0 Å². The molecule has 0 aliphatic carbocycles. The first-order valence-corrected chi connectivity index (χ1v) is 6.24. The Labute approximate surface area is 106 Å². The zero-order valence-electron chi connectivity index (χ0n) is 10.9. The van der Waals surface area contributed by atoms with Crippen molar-refractivity contribution in [3.63, 3.8) is 0 Å². The Bertz CT molecular complexity index is 738. The van der Waals surface area contributed by atoms with Crippen LogP contribution in [0.3, 0.4) is 0 Å². The maximum absolute atomic E-state index is 5.93. The number of pyridine rings is 1. The summed E-state index contributed by atoms with van der Waals surface area (Å²) in [5.74, 6) is 0.943. The summed E-state index contributed by atoms with van der Waals surface area (Å²) < 4.78 is 0. The van der Waals surface area contributed by atoms with E-state index in [1.165, 1.54) is 16.3 Å². The van der Waals surface area contributed by atoms with Gasteiger partial charge in [0.25, 0.3) is 0 Å². The van der Waals surface area contributed by atoms with Gasteiger partial charge in [0.05, 0.1) is 11.2 Å². The maximum Gasteiger partial charge on any atom is 0.124 e. The second kappa shape index (κ2) is 3.73. The predicted octanol–water partition coefficient (Wildman–Crippen LogP) is 3.73. The molecule has 0 fully saturated rings. The monoisotopic (exact) mass is 239 g/mol. The summed E-state index contributed by atoms with van der Waals surface area (Å²) in [6, 6.07) is 8.38. The normalized spacial score (nSPS) is 11.8. The Kier molecular flexibility index (Phi) is 2.30. The van der Waals surface area contributed by atoms with Gasteiger partial charge >= 0.3 is 0 Å². The number of hydrogen-bond donors (Lipinski definition) is 2. The van der Waals surface area contributed by atoms with Crippen molar-refractivity contribution in [3.8, 4) is 0 Å². The van der Waals surface area contributed by atoms with Crippen LogP contribution in [-0.4, -0.2) is 9.97 Å². The number of rotatable bonds is 1. The number of fused-ring (bicyclic) bond motifs is 3. The Morgan fingerprint density at radius 3 is 2.67 bits per heavy atom. The van der Waals surface area contributed by atoms with E-state index in [-0.39, 0.29) is 0 Å². The predicted molar refractivity (Wildman–Crippen MR) is 76.8 cm³/mol. The molecule has 3 aromatic rings. The van der Waals surface area contributed by atoms with Gasteiger partial charge in [-0.3, -0.25) is 0 Å². The molecule has 18 heavy (non-hydrogen) atoms. The molecule has 3 heteroatoms. The lowest BCUT2D eigenvalue weighted by Gasteiger charge is -2.07. The Hall–Kier alpha value is -2.03. The van der Waals surface area contributed by atoms with E-state index in [1.807, 2.05) is 6.07 Å².